The molecule has 0 saturated heterocycles. The van der Waals surface area contributed by atoms with Crippen LogP contribution in [0.25, 0.3) is 0 Å². The fourth-order valence-corrected chi connectivity index (χ4v) is 2.03. The van der Waals surface area contributed by atoms with Gasteiger partial charge in [-0.25, -0.2) is 4.98 Å². The van der Waals surface area contributed by atoms with Crippen LogP contribution >= 0.6 is 31.9 Å². The van der Waals surface area contributed by atoms with E-state index in [2.05, 4.69) is 36.8 Å². The smallest absolute Gasteiger partial charge is 0.185 e. The molecule has 0 aliphatic heterocycles. The summed E-state index contributed by atoms with van der Waals surface area (Å²) in [4.78, 5) is 14.6. The van der Waals surface area contributed by atoms with Crippen LogP contribution in [0.15, 0.2) is 9.21 Å². The summed E-state index contributed by atoms with van der Waals surface area (Å²) in [5.74, 6) is 0.434. The molecule has 0 N–H and O–H groups in total. The maximum absolute atomic E-state index is 10.6. The number of rotatable bonds is 2. The van der Waals surface area contributed by atoms with Crippen LogP contribution < -0.4 is 0 Å². The van der Waals surface area contributed by atoms with Crippen molar-refractivity contribution in [2.75, 3.05) is 0 Å². The second kappa shape index (κ2) is 3.70. The van der Waals surface area contributed by atoms with Crippen LogP contribution in [0.5, 0.6) is 0 Å². The fraction of sp³-hybridized carbons (Fsp3) is 0.429. The van der Waals surface area contributed by atoms with E-state index in [1.807, 2.05) is 18.4 Å². The van der Waals surface area contributed by atoms with Crippen LogP contribution in [0.3, 0.4) is 0 Å². The van der Waals surface area contributed by atoms with Crippen molar-refractivity contribution in [3.05, 3.63) is 15.0 Å². The van der Waals surface area contributed by atoms with Gasteiger partial charge in [-0.05, 0) is 45.7 Å². The van der Waals surface area contributed by atoms with Gasteiger partial charge in [0.05, 0.1) is 0 Å². The van der Waals surface area contributed by atoms with Gasteiger partial charge < -0.3 is 4.57 Å². The second-order valence-corrected chi connectivity index (χ2v) is 4.14. The molecular formula is C7H8Br2N2O. The Kier molecular flexibility index (Phi) is 3.06. The number of carbonyl (C=O) groups is 1. The van der Waals surface area contributed by atoms with Crippen LogP contribution in [-0.2, 0) is 0 Å². The zero-order valence-electron chi connectivity index (χ0n) is 6.71. The van der Waals surface area contributed by atoms with Crippen LogP contribution in [0.1, 0.15) is 30.5 Å². The lowest BCUT2D eigenvalue weighted by Crippen LogP contribution is -2.05. The minimum atomic E-state index is 0.221. The molecule has 1 aromatic heterocycles. The number of nitrogens with zero attached hydrogens (tertiary/aromatic N) is 2. The van der Waals surface area contributed by atoms with Crippen molar-refractivity contribution >= 4 is 38.1 Å². The predicted molar refractivity (Wildman–Crippen MR) is 53.4 cm³/mol. The molecular weight excluding hydrogens is 288 g/mol. The van der Waals surface area contributed by atoms with Crippen molar-refractivity contribution in [3.63, 3.8) is 0 Å². The summed E-state index contributed by atoms with van der Waals surface area (Å²) in [5, 5.41) is 0. The second-order valence-electron chi connectivity index (χ2n) is 2.63. The standard InChI is InChI=1S/C7H8Br2N2O/c1-4(2)11-5(3-12)10-6(8)7(11)9/h3-4H,1-2H3. The number of aromatic nitrogens is 2. The van der Waals surface area contributed by atoms with Gasteiger partial charge in [0.15, 0.2) is 12.1 Å². The molecule has 0 saturated carbocycles. The van der Waals surface area contributed by atoms with E-state index in [1.54, 1.807) is 0 Å². The summed E-state index contributed by atoms with van der Waals surface area (Å²) in [6.45, 7) is 3.98. The molecule has 0 bridgehead atoms. The first-order chi connectivity index (χ1) is 5.57. The van der Waals surface area contributed by atoms with E-state index < -0.39 is 0 Å². The van der Waals surface area contributed by atoms with Crippen LogP contribution in [-0.4, -0.2) is 15.8 Å². The van der Waals surface area contributed by atoms with E-state index in [0.717, 1.165) is 10.9 Å². The molecule has 0 aromatic carbocycles. The molecule has 0 aliphatic rings. The normalized spacial score (nSPS) is 10.8. The first-order valence-electron chi connectivity index (χ1n) is 3.46. The molecule has 3 nitrogen and oxygen atoms in total. The van der Waals surface area contributed by atoms with Gasteiger partial charge >= 0.3 is 0 Å². The third-order valence-electron chi connectivity index (χ3n) is 1.46. The van der Waals surface area contributed by atoms with Gasteiger partial charge in [-0.3, -0.25) is 4.79 Å². The number of carbonyl (C=O) groups excluding carboxylic acids is 1. The lowest BCUT2D eigenvalue weighted by atomic mass is 10.4. The number of halogens is 2. The third kappa shape index (κ3) is 1.61. The summed E-state index contributed by atoms with van der Waals surface area (Å²) in [5.41, 5.74) is 0. The van der Waals surface area contributed by atoms with E-state index in [0.29, 0.717) is 10.4 Å². The zero-order chi connectivity index (χ0) is 9.30. The Hall–Kier alpha value is -0.160. The number of aldehydes is 1. The molecule has 0 unspecified atom stereocenters. The maximum Gasteiger partial charge on any atom is 0.185 e. The van der Waals surface area contributed by atoms with Crippen molar-refractivity contribution in [1.82, 2.24) is 9.55 Å². The van der Waals surface area contributed by atoms with Crippen LogP contribution in [0, 0.1) is 0 Å². The summed E-state index contributed by atoms with van der Waals surface area (Å²) in [6.07, 6.45) is 0.746. The Bertz CT molecular complexity index is 307. The van der Waals surface area contributed by atoms with Gasteiger partial charge in [-0.1, -0.05) is 0 Å². The fourth-order valence-electron chi connectivity index (χ4n) is 0.975. The molecule has 1 rings (SSSR count). The average Bonchev–Trinajstić information content (AvgIpc) is 2.28. The lowest BCUT2D eigenvalue weighted by Gasteiger charge is -2.09. The molecule has 0 radical (unpaired) electrons. The zero-order valence-corrected chi connectivity index (χ0v) is 9.89. The van der Waals surface area contributed by atoms with Gasteiger partial charge in [0.25, 0.3) is 0 Å². The first-order valence-corrected chi connectivity index (χ1v) is 5.05. The highest BCUT2D eigenvalue weighted by Crippen LogP contribution is 2.26. The lowest BCUT2D eigenvalue weighted by molar-refractivity contribution is 0.110. The van der Waals surface area contributed by atoms with Crippen LogP contribution in [0.4, 0.5) is 0 Å². The molecule has 1 heterocycles. The molecule has 66 valence electrons. The summed E-state index contributed by atoms with van der Waals surface area (Å²) in [6, 6.07) is 0.221. The highest BCUT2D eigenvalue weighted by Gasteiger charge is 2.14. The molecule has 1 aromatic rings. The summed E-state index contributed by atoms with van der Waals surface area (Å²) in [7, 11) is 0. The molecule has 12 heavy (non-hydrogen) atoms. The van der Waals surface area contributed by atoms with E-state index in [9.17, 15) is 4.79 Å². The Morgan fingerprint density at radius 2 is 2.08 bits per heavy atom. The van der Waals surface area contributed by atoms with Gasteiger partial charge in [-0.15, -0.1) is 0 Å². The number of imidazole rings is 1. The highest BCUT2D eigenvalue weighted by molar-refractivity contribution is 9.13. The Balaban J connectivity index is 3.30. The largest absolute Gasteiger partial charge is 0.313 e. The van der Waals surface area contributed by atoms with Crippen molar-refractivity contribution < 1.29 is 4.79 Å². The Morgan fingerprint density at radius 3 is 2.42 bits per heavy atom. The monoisotopic (exact) mass is 294 g/mol. The number of hydrogen-bond donors (Lipinski definition) is 0. The molecule has 0 atom stereocenters. The number of hydrogen-bond acceptors (Lipinski definition) is 2. The van der Waals surface area contributed by atoms with Crippen molar-refractivity contribution in [3.8, 4) is 0 Å². The van der Waals surface area contributed by atoms with Crippen LogP contribution in [0.2, 0.25) is 0 Å². The van der Waals surface area contributed by atoms with Crippen molar-refractivity contribution in [1.29, 1.82) is 0 Å². The van der Waals surface area contributed by atoms with E-state index >= 15 is 0 Å². The topological polar surface area (TPSA) is 34.9 Å². The molecule has 5 heteroatoms. The maximum atomic E-state index is 10.6. The third-order valence-corrected chi connectivity index (χ3v) is 3.31. The van der Waals surface area contributed by atoms with Gasteiger partial charge in [0.1, 0.15) is 9.21 Å². The van der Waals surface area contributed by atoms with Crippen molar-refractivity contribution in [2.24, 2.45) is 0 Å². The quantitative estimate of drug-likeness (QED) is 0.787. The molecule has 0 amide bonds. The highest BCUT2D eigenvalue weighted by atomic mass is 79.9. The van der Waals surface area contributed by atoms with Gasteiger partial charge in [-0.2, -0.15) is 0 Å². The minimum absolute atomic E-state index is 0.221. The van der Waals surface area contributed by atoms with Gasteiger partial charge in [0, 0.05) is 6.04 Å². The summed E-state index contributed by atoms with van der Waals surface area (Å²) >= 11 is 6.58. The average molecular weight is 296 g/mol. The molecule has 0 spiro atoms. The van der Waals surface area contributed by atoms with E-state index in [-0.39, 0.29) is 6.04 Å². The Morgan fingerprint density at radius 1 is 1.50 bits per heavy atom. The SMILES string of the molecule is CC(C)n1c(C=O)nc(Br)c1Br. The first kappa shape index (κ1) is 9.92. The van der Waals surface area contributed by atoms with Gasteiger partial charge in [0.2, 0.25) is 0 Å². The predicted octanol–water partition coefficient (Wildman–Crippen LogP) is 2.80. The summed E-state index contributed by atoms with van der Waals surface area (Å²) < 4.78 is 3.29. The minimum Gasteiger partial charge on any atom is -0.313 e. The Labute approximate surface area is 87.4 Å². The van der Waals surface area contributed by atoms with E-state index in [1.165, 1.54) is 0 Å². The van der Waals surface area contributed by atoms with E-state index in [4.69, 9.17) is 0 Å². The molecule has 0 fully saturated rings. The molecule has 0 aliphatic carbocycles. The van der Waals surface area contributed by atoms with Crippen molar-refractivity contribution in [2.45, 2.75) is 19.9 Å².